The van der Waals surface area contributed by atoms with Gasteiger partial charge in [-0.05, 0) is 68.2 Å². The lowest BCUT2D eigenvalue weighted by Gasteiger charge is -2.45. The van der Waals surface area contributed by atoms with Crippen molar-refractivity contribution in [3.8, 4) is 11.5 Å². The van der Waals surface area contributed by atoms with Crippen molar-refractivity contribution in [1.82, 2.24) is 15.1 Å². The molecule has 2 aliphatic rings. The zero-order valence-corrected chi connectivity index (χ0v) is 21.3. The molecule has 0 aliphatic carbocycles. The highest BCUT2D eigenvalue weighted by molar-refractivity contribution is 6.01. The van der Waals surface area contributed by atoms with E-state index >= 15 is 0 Å². The van der Waals surface area contributed by atoms with Gasteiger partial charge in [0, 0.05) is 25.2 Å². The van der Waals surface area contributed by atoms with Crippen molar-refractivity contribution in [2.45, 2.75) is 46.1 Å². The Kier molecular flexibility index (Phi) is 7.96. The minimum Gasteiger partial charge on any atom is -0.490 e. The number of fused-ring (bicyclic) bond motifs is 4. The number of benzene rings is 2. The molecule has 2 aromatic rings. The second kappa shape index (κ2) is 11.1. The quantitative estimate of drug-likeness (QED) is 0.562. The maximum Gasteiger partial charge on any atom is 0.254 e. The summed E-state index contributed by atoms with van der Waals surface area (Å²) in [4.78, 5) is 31.4. The van der Waals surface area contributed by atoms with Gasteiger partial charge in [0.05, 0.1) is 25.2 Å². The zero-order valence-electron chi connectivity index (χ0n) is 21.3. The number of hydrogen-bond donors (Lipinski definition) is 1. The Balaban J connectivity index is 1.75. The van der Waals surface area contributed by atoms with Crippen LogP contribution in [0.5, 0.6) is 11.5 Å². The summed E-state index contributed by atoms with van der Waals surface area (Å²) < 4.78 is 11.8. The van der Waals surface area contributed by atoms with Crippen LogP contribution in [0.4, 0.5) is 0 Å². The number of nitrogens with one attached hydrogen (secondary N) is 1. The third-order valence-electron chi connectivity index (χ3n) is 7.09. The minimum absolute atomic E-state index is 0.0183. The van der Waals surface area contributed by atoms with Crippen molar-refractivity contribution < 1.29 is 19.1 Å². The molecule has 0 saturated carbocycles. The molecule has 4 rings (SSSR count). The molecular formula is C28H37N3O4. The summed E-state index contributed by atoms with van der Waals surface area (Å²) in [6.07, 6.45) is 0.711. The van der Waals surface area contributed by atoms with Gasteiger partial charge in [-0.2, -0.15) is 0 Å². The first kappa shape index (κ1) is 25.0. The number of likely N-dealkylation sites (N-methyl/N-ethyl adjacent to an activating group) is 1. The molecule has 0 radical (unpaired) electrons. The second-order valence-corrected chi connectivity index (χ2v) is 8.94. The molecule has 7 nitrogen and oxygen atoms in total. The number of nitrogens with zero attached hydrogens (tertiary/aromatic N) is 2. The number of ether oxygens (including phenoxy) is 2. The summed E-state index contributed by atoms with van der Waals surface area (Å²) in [5.41, 5.74) is 3.48. The van der Waals surface area contributed by atoms with Gasteiger partial charge in [-0.1, -0.05) is 32.0 Å². The van der Waals surface area contributed by atoms with Crippen LogP contribution >= 0.6 is 0 Å². The molecule has 0 aromatic heterocycles. The summed E-state index contributed by atoms with van der Waals surface area (Å²) in [5.74, 6) is 0.806. The third kappa shape index (κ3) is 4.87. The highest BCUT2D eigenvalue weighted by Crippen LogP contribution is 2.48. The fourth-order valence-electron chi connectivity index (χ4n) is 5.34. The Morgan fingerprint density at radius 1 is 1.03 bits per heavy atom. The summed E-state index contributed by atoms with van der Waals surface area (Å²) in [6.45, 7) is 13.0. The normalized spacial score (nSPS) is 18.5. The van der Waals surface area contributed by atoms with Crippen molar-refractivity contribution in [1.29, 1.82) is 0 Å². The van der Waals surface area contributed by atoms with Gasteiger partial charge in [-0.3, -0.25) is 9.59 Å². The van der Waals surface area contributed by atoms with E-state index in [1.807, 2.05) is 55.1 Å². The van der Waals surface area contributed by atoms with Crippen LogP contribution in [-0.2, 0) is 11.2 Å². The summed E-state index contributed by atoms with van der Waals surface area (Å²) in [6, 6.07) is 11.2. The molecule has 2 amide bonds. The van der Waals surface area contributed by atoms with E-state index in [4.69, 9.17) is 9.47 Å². The topological polar surface area (TPSA) is 71.1 Å². The lowest BCUT2D eigenvalue weighted by atomic mass is 9.75. The van der Waals surface area contributed by atoms with Crippen LogP contribution < -0.4 is 14.8 Å². The highest BCUT2D eigenvalue weighted by Gasteiger charge is 2.46. The summed E-state index contributed by atoms with van der Waals surface area (Å²) in [7, 11) is 0. The zero-order chi connectivity index (χ0) is 24.9. The Hall–Kier alpha value is -3.06. The predicted molar refractivity (Wildman–Crippen MR) is 136 cm³/mol. The molecule has 0 spiro atoms. The average molecular weight is 480 g/mol. The lowest BCUT2D eigenvalue weighted by molar-refractivity contribution is -0.124. The highest BCUT2D eigenvalue weighted by atomic mass is 16.5. The molecule has 2 atom stereocenters. The molecule has 1 N–H and O–H groups in total. The van der Waals surface area contributed by atoms with Gasteiger partial charge in [0.1, 0.15) is 0 Å². The predicted octanol–water partition coefficient (Wildman–Crippen LogP) is 3.78. The van der Waals surface area contributed by atoms with Crippen LogP contribution in [-0.4, -0.2) is 67.6 Å². The van der Waals surface area contributed by atoms with Gasteiger partial charge in [0.2, 0.25) is 5.91 Å². The molecule has 2 aliphatic heterocycles. The molecule has 35 heavy (non-hydrogen) atoms. The van der Waals surface area contributed by atoms with Crippen molar-refractivity contribution in [3.63, 3.8) is 0 Å². The standard InChI is InChI=1S/C28H37N3O4/c1-5-30(6-2)16-14-29-27(32)25-20-11-9-10-12-21(20)28(33)31-15-13-19-17-23(34-7-3)24(35-8-4)18-22(19)26(25)31/h9-12,17-18,25-26H,5-8,13-16H2,1-4H3,(H,29,32)/t25-,26+/m0/s1. The van der Waals surface area contributed by atoms with E-state index < -0.39 is 5.92 Å². The van der Waals surface area contributed by atoms with Crippen molar-refractivity contribution in [2.75, 3.05) is 45.9 Å². The van der Waals surface area contributed by atoms with Gasteiger partial charge < -0.3 is 24.6 Å². The van der Waals surface area contributed by atoms with Crippen LogP contribution in [0.1, 0.15) is 66.7 Å². The van der Waals surface area contributed by atoms with E-state index in [2.05, 4.69) is 24.1 Å². The van der Waals surface area contributed by atoms with E-state index in [0.29, 0.717) is 49.8 Å². The van der Waals surface area contributed by atoms with E-state index in [0.717, 1.165) is 36.3 Å². The molecule has 0 bridgehead atoms. The van der Waals surface area contributed by atoms with Crippen LogP contribution in [0, 0.1) is 0 Å². The lowest BCUT2D eigenvalue weighted by Crippen LogP contribution is -2.50. The van der Waals surface area contributed by atoms with Crippen LogP contribution in [0.15, 0.2) is 36.4 Å². The van der Waals surface area contributed by atoms with Crippen LogP contribution in [0.25, 0.3) is 0 Å². The Bertz CT molecular complexity index is 1070. The largest absolute Gasteiger partial charge is 0.490 e. The molecule has 2 heterocycles. The second-order valence-electron chi connectivity index (χ2n) is 8.94. The average Bonchev–Trinajstić information content (AvgIpc) is 2.87. The molecule has 188 valence electrons. The van der Waals surface area contributed by atoms with E-state index in [1.165, 1.54) is 0 Å². The monoisotopic (exact) mass is 479 g/mol. The molecule has 2 aromatic carbocycles. The minimum atomic E-state index is -0.493. The first-order chi connectivity index (χ1) is 17.0. The molecule has 0 saturated heterocycles. The van der Waals surface area contributed by atoms with Gasteiger partial charge in [-0.15, -0.1) is 0 Å². The molecule has 0 fully saturated rings. The first-order valence-corrected chi connectivity index (χ1v) is 12.9. The molecule has 0 unspecified atom stereocenters. The third-order valence-corrected chi connectivity index (χ3v) is 7.09. The maximum absolute atomic E-state index is 13.7. The van der Waals surface area contributed by atoms with E-state index in [-0.39, 0.29) is 17.9 Å². The van der Waals surface area contributed by atoms with Crippen LogP contribution in [0.2, 0.25) is 0 Å². The number of amides is 2. The SMILES string of the molecule is CCOc1cc2c(cc1OCC)[C@@H]1[C@@H](C(=O)NCCN(CC)CC)c3ccccc3C(=O)N1CC2. The Morgan fingerprint density at radius 2 is 1.71 bits per heavy atom. The van der Waals surface area contributed by atoms with Crippen LogP contribution in [0.3, 0.4) is 0 Å². The van der Waals surface area contributed by atoms with E-state index in [9.17, 15) is 9.59 Å². The van der Waals surface area contributed by atoms with E-state index in [1.54, 1.807) is 0 Å². The molecular weight excluding hydrogens is 442 g/mol. The maximum atomic E-state index is 13.7. The van der Waals surface area contributed by atoms with Gasteiger partial charge in [-0.25, -0.2) is 0 Å². The number of rotatable bonds is 10. The smallest absolute Gasteiger partial charge is 0.254 e. The summed E-state index contributed by atoms with van der Waals surface area (Å²) >= 11 is 0. The number of carbonyl (C=O) groups excluding carboxylic acids is 2. The van der Waals surface area contributed by atoms with Gasteiger partial charge in [0.15, 0.2) is 11.5 Å². The van der Waals surface area contributed by atoms with Crippen molar-refractivity contribution in [3.05, 3.63) is 58.7 Å². The Morgan fingerprint density at radius 3 is 2.40 bits per heavy atom. The fraction of sp³-hybridized carbons (Fsp3) is 0.500. The van der Waals surface area contributed by atoms with Crippen molar-refractivity contribution in [2.24, 2.45) is 0 Å². The first-order valence-electron chi connectivity index (χ1n) is 12.9. The van der Waals surface area contributed by atoms with Gasteiger partial charge in [0.25, 0.3) is 5.91 Å². The fourth-order valence-corrected chi connectivity index (χ4v) is 5.34. The Labute approximate surface area is 208 Å². The number of hydrogen-bond acceptors (Lipinski definition) is 5. The van der Waals surface area contributed by atoms with Crippen molar-refractivity contribution >= 4 is 11.8 Å². The number of carbonyl (C=O) groups is 2. The van der Waals surface area contributed by atoms with Gasteiger partial charge >= 0.3 is 0 Å². The molecule has 7 heteroatoms. The summed E-state index contributed by atoms with van der Waals surface area (Å²) in [5, 5.41) is 3.17.